The Morgan fingerprint density at radius 2 is 2.22 bits per heavy atom. The normalized spacial score (nSPS) is 10.7. The molecule has 0 spiro atoms. The van der Waals surface area contributed by atoms with Crippen molar-refractivity contribution in [2.24, 2.45) is 0 Å². The molecule has 0 aliphatic heterocycles. The summed E-state index contributed by atoms with van der Waals surface area (Å²) in [6.07, 6.45) is -1.35. The van der Waals surface area contributed by atoms with Gasteiger partial charge in [-0.25, -0.2) is 0 Å². The van der Waals surface area contributed by atoms with Gasteiger partial charge in [0.2, 0.25) is 0 Å². The van der Waals surface area contributed by atoms with E-state index >= 15 is 0 Å². The fourth-order valence-electron chi connectivity index (χ4n) is 0.363. The van der Waals surface area contributed by atoms with Gasteiger partial charge in [0.15, 0.2) is 6.29 Å². The van der Waals surface area contributed by atoms with E-state index < -0.39 is 6.29 Å². The van der Waals surface area contributed by atoms with Gasteiger partial charge in [0.05, 0.1) is 13.2 Å². The molecule has 0 fully saturated rings. The SMILES string of the molecule is CNCCOCC(O)O. The quantitative estimate of drug-likeness (QED) is 0.318. The standard InChI is InChI=1S/C5H13NO3/c1-6-2-3-9-4-5(7)8/h5-8H,2-4H2,1H3. The van der Waals surface area contributed by atoms with Crippen LogP contribution in [0.3, 0.4) is 0 Å². The Balaban J connectivity index is 2.75. The summed E-state index contributed by atoms with van der Waals surface area (Å²) in [6, 6.07) is 0. The van der Waals surface area contributed by atoms with E-state index in [0.717, 1.165) is 6.54 Å². The molecule has 0 aliphatic carbocycles. The smallest absolute Gasteiger partial charge is 0.175 e. The summed E-state index contributed by atoms with van der Waals surface area (Å²) in [5.74, 6) is 0. The highest BCUT2D eigenvalue weighted by Crippen LogP contribution is 1.77. The van der Waals surface area contributed by atoms with Crippen LogP contribution in [0.4, 0.5) is 0 Å². The highest BCUT2D eigenvalue weighted by atomic mass is 16.5. The summed E-state index contributed by atoms with van der Waals surface area (Å²) in [7, 11) is 1.80. The topological polar surface area (TPSA) is 61.7 Å². The maximum Gasteiger partial charge on any atom is 0.175 e. The number of hydrogen-bond acceptors (Lipinski definition) is 4. The monoisotopic (exact) mass is 135 g/mol. The molecule has 0 aromatic carbocycles. The average molecular weight is 135 g/mol. The zero-order valence-corrected chi connectivity index (χ0v) is 5.50. The summed E-state index contributed by atoms with van der Waals surface area (Å²) in [5, 5.41) is 19.4. The molecule has 0 aromatic rings. The number of aliphatic hydroxyl groups is 2. The summed E-state index contributed by atoms with van der Waals surface area (Å²) in [5.41, 5.74) is 0. The van der Waals surface area contributed by atoms with Crippen LogP contribution in [-0.2, 0) is 4.74 Å². The molecule has 0 saturated carbocycles. The summed E-state index contributed by atoms with van der Waals surface area (Å²) in [4.78, 5) is 0. The number of rotatable bonds is 5. The molecule has 0 heterocycles. The molecule has 0 radical (unpaired) electrons. The third-order valence-electron chi connectivity index (χ3n) is 0.763. The largest absolute Gasteiger partial charge is 0.375 e. The van der Waals surface area contributed by atoms with Crippen LogP contribution in [0.2, 0.25) is 0 Å². The molecule has 0 saturated heterocycles. The van der Waals surface area contributed by atoms with Crippen molar-refractivity contribution in [2.75, 3.05) is 26.8 Å². The van der Waals surface area contributed by atoms with Gasteiger partial charge in [-0.1, -0.05) is 0 Å². The van der Waals surface area contributed by atoms with E-state index in [4.69, 9.17) is 14.9 Å². The molecule has 0 aromatic heterocycles. The van der Waals surface area contributed by atoms with Crippen LogP contribution in [-0.4, -0.2) is 43.3 Å². The van der Waals surface area contributed by atoms with Gasteiger partial charge < -0.3 is 20.3 Å². The van der Waals surface area contributed by atoms with Crippen LogP contribution < -0.4 is 5.32 Å². The van der Waals surface area contributed by atoms with E-state index in [-0.39, 0.29) is 6.61 Å². The first-order valence-electron chi connectivity index (χ1n) is 2.86. The second kappa shape index (κ2) is 5.97. The first kappa shape index (κ1) is 8.84. The third-order valence-corrected chi connectivity index (χ3v) is 0.763. The molecule has 0 atom stereocenters. The van der Waals surface area contributed by atoms with Crippen LogP contribution in [0.1, 0.15) is 0 Å². The zero-order chi connectivity index (χ0) is 7.11. The Morgan fingerprint density at radius 3 is 2.67 bits per heavy atom. The van der Waals surface area contributed by atoms with Crippen molar-refractivity contribution in [3.63, 3.8) is 0 Å². The van der Waals surface area contributed by atoms with Crippen molar-refractivity contribution in [1.82, 2.24) is 5.32 Å². The minimum absolute atomic E-state index is 0.0122. The van der Waals surface area contributed by atoms with E-state index in [2.05, 4.69) is 5.32 Å². The number of ether oxygens (including phenoxy) is 1. The van der Waals surface area contributed by atoms with Gasteiger partial charge >= 0.3 is 0 Å². The summed E-state index contributed by atoms with van der Waals surface area (Å²) < 4.78 is 4.77. The molecule has 9 heavy (non-hydrogen) atoms. The molecule has 0 rings (SSSR count). The molecule has 0 amide bonds. The lowest BCUT2D eigenvalue weighted by Gasteiger charge is -2.03. The van der Waals surface area contributed by atoms with Gasteiger partial charge in [-0.05, 0) is 7.05 Å². The second-order valence-corrected chi connectivity index (χ2v) is 1.66. The fraction of sp³-hybridized carbons (Fsp3) is 1.00. The van der Waals surface area contributed by atoms with Gasteiger partial charge in [0.25, 0.3) is 0 Å². The van der Waals surface area contributed by atoms with Crippen molar-refractivity contribution >= 4 is 0 Å². The molecule has 4 nitrogen and oxygen atoms in total. The number of aliphatic hydroxyl groups excluding tert-OH is 1. The third kappa shape index (κ3) is 7.84. The van der Waals surface area contributed by atoms with E-state index in [9.17, 15) is 0 Å². The minimum Gasteiger partial charge on any atom is -0.375 e. The van der Waals surface area contributed by atoms with E-state index in [1.807, 2.05) is 0 Å². The molecule has 3 N–H and O–H groups in total. The van der Waals surface area contributed by atoms with E-state index in [0.29, 0.717) is 6.61 Å². The van der Waals surface area contributed by atoms with Crippen molar-refractivity contribution in [3.8, 4) is 0 Å². The minimum atomic E-state index is -1.35. The van der Waals surface area contributed by atoms with Gasteiger partial charge in [0.1, 0.15) is 0 Å². The maximum absolute atomic E-state index is 8.26. The first-order valence-corrected chi connectivity index (χ1v) is 2.86. The summed E-state index contributed by atoms with van der Waals surface area (Å²) in [6.45, 7) is 1.22. The fourth-order valence-corrected chi connectivity index (χ4v) is 0.363. The molecule has 0 bridgehead atoms. The maximum atomic E-state index is 8.26. The Bertz CT molecular complexity index is 58.2. The van der Waals surface area contributed by atoms with Gasteiger partial charge in [0, 0.05) is 6.54 Å². The lowest BCUT2D eigenvalue weighted by Crippen LogP contribution is -2.19. The Labute approximate surface area is 54.5 Å². The lowest BCUT2D eigenvalue weighted by molar-refractivity contribution is -0.0938. The highest BCUT2D eigenvalue weighted by Gasteiger charge is 1.94. The Kier molecular flexibility index (Phi) is 5.86. The molecule has 4 heteroatoms. The molecule has 0 aliphatic rings. The summed E-state index contributed by atoms with van der Waals surface area (Å²) >= 11 is 0. The number of nitrogens with one attached hydrogen (secondary N) is 1. The van der Waals surface area contributed by atoms with Crippen LogP contribution >= 0.6 is 0 Å². The number of likely N-dealkylation sites (N-methyl/N-ethyl adjacent to an activating group) is 1. The average Bonchev–Trinajstić information content (AvgIpc) is 1.80. The lowest BCUT2D eigenvalue weighted by atomic mass is 10.6. The molecule has 0 unspecified atom stereocenters. The van der Waals surface area contributed by atoms with Crippen molar-refractivity contribution in [2.45, 2.75) is 6.29 Å². The predicted octanol–water partition coefficient (Wildman–Crippen LogP) is -1.47. The first-order chi connectivity index (χ1) is 4.27. The predicted molar refractivity (Wildman–Crippen MR) is 33.0 cm³/mol. The molecular formula is C5H13NO3. The van der Waals surface area contributed by atoms with Gasteiger partial charge in [-0.2, -0.15) is 0 Å². The van der Waals surface area contributed by atoms with Crippen molar-refractivity contribution in [3.05, 3.63) is 0 Å². The Morgan fingerprint density at radius 1 is 1.56 bits per heavy atom. The van der Waals surface area contributed by atoms with Crippen LogP contribution in [0.15, 0.2) is 0 Å². The number of hydrogen-bond donors (Lipinski definition) is 3. The Hall–Kier alpha value is -0.160. The highest BCUT2D eigenvalue weighted by molar-refractivity contribution is 4.36. The van der Waals surface area contributed by atoms with Crippen LogP contribution in [0.25, 0.3) is 0 Å². The van der Waals surface area contributed by atoms with E-state index in [1.165, 1.54) is 0 Å². The van der Waals surface area contributed by atoms with Crippen LogP contribution in [0.5, 0.6) is 0 Å². The zero-order valence-electron chi connectivity index (χ0n) is 5.50. The van der Waals surface area contributed by atoms with Crippen molar-refractivity contribution < 1.29 is 14.9 Å². The van der Waals surface area contributed by atoms with E-state index in [1.54, 1.807) is 7.05 Å². The van der Waals surface area contributed by atoms with Gasteiger partial charge in [-0.15, -0.1) is 0 Å². The van der Waals surface area contributed by atoms with Crippen molar-refractivity contribution in [1.29, 1.82) is 0 Å². The van der Waals surface area contributed by atoms with Crippen LogP contribution in [0, 0.1) is 0 Å². The second-order valence-electron chi connectivity index (χ2n) is 1.66. The molecular weight excluding hydrogens is 122 g/mol. The van der Waals surface area contributed by atoms with Gasteiger partial charge in [-0.3, -0.25) is 0 Å². The molecule has 56 valence electrons.